The van der Waals surface area contributed by atoms with Gasteiger partial charge in [0.15, 0.2) is 0 Å². The molecule has 0 saturated heterocycles. The van der Waals surface area contributed by atoms with Crippen molar-refractivity contribution in [2.45, 2.75) is 45.5 Å². The maximum absolute atomic E-state index is 13.5. The average molecular weight is 444 g/mol. The van der Waals surface area contributed by atoms with E-state index in [-0.39, 0.29) is 19.8 Å². The summed E-state index contributed by atoms with van der Waals surface area (Å²) in [6, 6.07) is 18.6. The van der Waals surface area contributed by atoms with Crippen molar-refractivity contribution < 1.29 is 23.1 Å². The molecule has 2 aromatic rings. The number of nitrogens with zero attached hydrogens (tertiary/aromatic N) is 2. The molecule has 0 radical (unpaired) electrons. The molecule has 31 heavy (non-hydrogen) atoms. The molecule has 0 unspecified atom stereocenters. The minimum absolute atomic E-state index is 0.145. The topological polar surface area (TPSA) is 77.4 Å². The van der Waals surface area contributed by atoms with Crippen LogP contribution in [0.1, 0.15) is 44.4 Å². The minimum atomic E-state index is -3.44. The van der Waals surface area contributed by atoms with Gasteiger partial charge in [-0.25, -0.2) is 4.79 Å². The number of amides is 1. The Morgan fingerprint density at radius 1 is 1.03 bits per heavy atom. The van der Waals surface area contributed by atoms with E-state index in [1.165, 1.54) is 5.01 Å². The third-order valence-corrected chi connectivity index (χ3v) is 7.65. The molecule has 0 aliphatic carbocycles. The second kappa shape index (κ2) is 10.7. The van der Waals surface area contributed by atoms with Gasteiger partial charge in [-0.15, -0.1) is 0 Å². The van der Waals surface area contributed by atoms with Crippen LogP contribution in [0.5, 0.6) is 0 Å². The average Bonchev–Trinajstić information content (AvgIpc) is 2.79. The molecule has 1 aliphatic rings. The van der Waals surface area contributed by atoms with Crippen LogP contribution in [0.4, 0.5) is 4.79 Å². The van der Waals surface area contributed by atoms with E-state index in [2.05, 4.69) is 5.10 Å². The molecule has 0 spiro atoms. The molecule has 0 fully saturated rings. The molecule has 3 rings (SSSR count). The zero-order valence-electron chi connectivity index (χ0n) is 18.1. The number of hydrazone groups is 1. The summed E-state index contributed by atoms with van der Waals surface area (Å²) >= 11 is 0. The Morgan fingerprint density at radius 2 is 1.61 bits per heavy atom. The molecule has 2 atom stereocenters. The minimum Gasteiger partial charge on any atom is -0.443 e. The second-order valence-electron chi connectivity index (χ2n) is 7.18. The first kappa shape index (κ1) is 23.2. The Kier molecular flexibility index (Phi) is 8.02. The third kappa shape index (κ3) is 5.62. The van der Waals surface area contributed by atoms with Gasteiger partial charge in [-0.2, -0.15) is 10.1 Å². The van der Waals surface area contributed by atoms with E-state index in [4.69, 9.17) is 13.8 Å². The van der Waals surface area contributed by atoms with Crippen molar-refractivity contribution in [3.63, 3.8) is 0 Å². The predicted molar refractivity (Wildman–Crippen MR) is 120 cm³/mol. The zero-order chi connectivity index (χ0) is 22.3. The summed E-state index contributed by atoms with van der Waals surface area (Å²) in [5.41, 5.74) is 1.74. The second-order valence-corrected chi connectivity index (χ2v) is 9.40. The van der Waals surface area contributed by atoms with Crippen molar-refractivity contribution in [3.05, 3.63) is 71.8 Å². The van der Waals surface area contributed by atoms with E-state index in [9.17, 15) is 9.36 Å². The molecule has 1 amide bonds. The largest absolute Gasteiger partial charge is 0.443 e. The highest BCUT2D eigenvalue weighted by atomic mass is 31.2. The van der Waals surface area contributed by atoms with Crippen LogP contribution in [0.3, 0.4) is 0 Å². The van der Waals surface area contributed by atoms with Crippen molar-refractivity contribution in [2.75, 3.05) is 13.2 Å². The first-order valence-electron chi connectivity index (χ1n) is 10.5. The lowest BCUT2D eigenvalue weighted by Gasteiger charge is -2.37. The van der Waals surface area contributed by atoms with Gasteiger partial charge in [0.25, 0.3) is 0 Å². The standard InChI is InChI=1S/C23H29N2O5P/c1-4-29-31(27,30-5-2)22-16-21(20-14-10-7-11-15-20)25(24-18(22)3)23(26)28-17-19-12-8-6-9-13-19/h6-15,21-22H,4-5,16-17H2,1-3H3/t21-,22-/m0/s1. The predicted octanol–water partition coefficient (Wildman–Crippen LogP) is 5.78. The maximum Gasteiger partial charge on any atom is 0.431 e. The van der Waals surface area contributed by atoms with Gasteiger partial charge in [-0.05, 0) is 38.3 Å². The van der Waals surface area contributed by atoms with Crippen molar-refractivity contribution in [1.29, 1.82) is 0 Å². The van der Waals surface area contributed by atoms with E-state index in [1.807, 2.05) is 60.7 Å². The van der Waals surface area contributed by atoms with E-state index >= 15 is 0 Å². The molecule has 1 aliphatic heterocycles. The number of benzene rings is 2. The van der Waals surface area contributed by atoms with Crippen LogP contribution in [0.15, 0.2) is 65.8 Å². The summed E-state index contributed by atoms with van der Waals surface area (Å²) in [6.45, 7) is 5.98. The molecule has 2 aromatic carbocycles. The molecule has 0 saturated carbocycles. The van der Waals surface area contributed by atoms with Crippen LogP contribution in [-0.2, 0) is 25.0 Å². The zero-order valence-corrected chi connectivity index (χ0v) is 19.0. The molecule has 1 heterocycles. The Hall–Kier alpha value is -2.47. The number of hydrogen-bond donors (Lipinski definition) is 0. The van der Waals surface area contributed by atoms with Crippen molar-refractivity contribution in [3.8, 4) is 0 Å². The molecule has 7 nitrogen and oxygen atoms in total. The lowest BCUT2D eigenvalue weighted by Crippen LogP contribution is -2.40. The molecular formula is C23H29N2O5P. The number of ether oxygens (including phenoxy) is 1. The first-order chi connectivity index (χ1) is 15.0. The monoisotopic (exact) mass is 444 g/mol. The number of hydrogen-bond acceptors (Lipinski definition) is 6. The SMILES string of the molecule is CCOP(=O)(OCC)[C@H]1C[C@@H](c2ccccc2)N(C(=O)OCc2ccccc2)N=C1C. The highest BCUT2D eigenvalue weighted by molar-refractivity contribution is 7.55. The molecule has 0 bridgehead atoms. The van der Waals surface area contributed by atoms with Crippen LogP contribution in [0.25, 0.3) is 0 Å². The highest BCUT2D eigenvalue weighted by Crippen LogP contribution is 2.57. The van der Waals surface area contributed by atoms with Gasteiger partial charge < -0.3 is 13.8 Å². The van der Waals surface area contributed by atoms with Gasteiger partial charge in [0.05, 0.1) is 25.0 Å². The summed E-state index contributed by atoms with van der Waals surface area (Å²) < 4.78 is 30.2. The first-order valence-corrected chi connectivity index (χ1v) is 12.1. The Bertz CT molecular complexity index is 925. The lowest BCUT2D eigenvalue weighted by molar-refractivity contribution is 0.0759. The summed E-state index contributed by atoms with van der Waals surface area (Å²) in [4.78, 5) is 13.0. The quantitative estimate of drug-likeness (QED) is 0.482. The Labute approximate surface area is 183 Å². The summed E-state index contributed by atoms with van der Waals surface area (Å²) in [5, 5.41) is 5.85. The Balaban J connectivity index is 1.90. The van der Waals surface area contributed by atoms with Crippen LogP contribution in [0, 0.1) is 0 Å². The Morgan fingerprint density at radius 3 is 2.19 bits per heavy atom. The van der Waals surface area contributed by atoms with E-state index in [0.29, 0.717) is 12.1 Å². The molecule has 0 N–H and O–H groups in total. The smallest absolute Gasteiger partial charge is 0.431 e. The van der Waals surface area contributed by atoms with Crippen molar-refractivity contribution >= 4 is 19.4 Å². The van der Waals surface area contributed by atoms with Crippen LogP contribution >= 0.6 is 7.60 Å². The highest BCUT2D eigenvalue weighted by Gasteiger charge is 2.45. The normalized spacial score (nSPS) is 19.1. The molecule has 166 valence electrons. The summed E-state index contributed by atoms with van der Waals surface area (Å²) in [7, 11) is -3.44. The van der Waals surface area contributed by atoms with Crippen LogP contribution in [0.2, 0.25) is 0 Å². The fraction of sp³-hybridized carbons (Fsp3) is 0.391. The van der Waals surface area contributed by atoms with Gasteiger partial charge >= 0.3 is 13.7 Å². The summed E-state index contributed by atoms with van der Waals surface area (Å²) in [5.74, 6) is 0. The molecule has 0 aromatic heterocycles. The van der Waals surface area contributed by atoms with Gasteiger partial charge in [0.2, 0.25) is 0 Å². The van der Waals surface area contributed by atoms with Gasteiger partial charge in [0, 0.05) is 0 Å². The lowest BCUT2D eigenvalue weighted by atomic mass is 9.98. The third-order valence-electron chi connectivity index (χ3n) is 5.07. The molecular weight excluding hydrogens is 415 g/mol. The fourth-order valence-corrected chi connectivity index (χ4v) is 5.75. The van der Waals surface area contributed by atoms with Gasteiger partial charge in [-0.3, -0.25) is 4.57 Å². The molecule has 8 heteroatoms. The maximum atomic E-state index is 13.5. The fourth-order valence-electron chi connectivity index (χ4n) is 3.63. The number of carbonyl (C=O) groups excluding carboxylic acids is 1. The van der Waals surface area contributed by atoms with Gasteiger partial charge in [-0.1, -0.05) is 60.7 Å². The van der Waals surface area contributed by atoms with E-state index in [1.54, 1.807) is 20.8 Å². The number of rotatable bonds is 8. The summed E-state index contributed by atoms with van der Waals surface area (Å²) in [6.07, 6.45) is -0.199. The van der Waals surface area contributed by atoms with E-state index < -0.39 is 25.4 Å². The number of carbonyl (C=O) groups is 1. The van der Waals surface area contributed by atoms with E-state index in [0.717, 1.165) is 11.1 Å². The van der Waals surface area contributed by atoms with Crippen molar-refractivity contribution in [2.24, 2.45) is 5.10 Å². The van der Waals surface area contributed by atoms with Crippen molar-refractivity contribution in [1.82, 2.24) is 5.01 Å². The van der Waals surface area contributed by atoms with Gasteiger partial charge in [0.1, 0.15) is 12.3 Å². The van der Waals surface area contributed by atoms with Crippen LogP contribution < -0.4 is 0 Å². The van der Waals surface area contributed by atoms with Crippen LogP contribution in [-0.4, -0.2) is 35.7 Å².